The van der Waals surface area contributed by atoms with E-state index in [1.165, 1.54) is 5.56 Å². The molecule has 5 nitrogen and oxygen atoms in total. The monoisotopic (exact) mass is 382 g/mol. The van der Waals surface area contributed by atoms with Crippen LogP contribution in [0, 0.1) is 12.8 Å². The molecule has 0 saturated heterocycles. The van der Waals surface area contributed by atoms with Crippen molar-refractivity contribution in [3.8, 4) is 0 Å². The topological polar surface area (TPSA) is 53.8 Å². The summed E-state index contributed by atoms with van der Waals surface area (Å²) in [6.45, 7) is 6.97. The Hall–Kier alpha value is -2.56. The normalized spacial score (nSPS) is 13.6. The molecule has 1 saturated carbocycles. The zero-order valence-electron chi connectivity index (χ0n) is 17.1. The fourth-order valence-electron chi connectivity index (χ4n) is 3.28. The van der Waals surface area contributed by atoms with Crippen molar-refractivity contribution in [1.82, 2.24) is 9.80 Å². The first-order chi connectivity index (χ1) is 13.4. The lowest BCUT2D eigenvalue weighted by Gasteiger charge is -2.30. The number of aryl methyl sites for hydroxylation is 1. The summed E-state index contributed by atoms with van der Waals surface area (Å²) in [4.78, 5) is 29.2. The van der Waals surface area contributed by atoms with Gasteiger partial charge in [-0.15, -0.1) is 0 Å². The van der Waals surface area contributed by atoms with Crippen molar-refractivity contribution in [1.29, 1.82) is 0 Å². The Balaban J connectivity index is 1.69. The van der Waals surface area contributed by atoms with E-state index in [1.54, 1.807) is 9.80 Å². The number of amides is 2. The lowest BCUT2D eigenvalue weighted by molar-refractivity contribution is -0.143. The van der Waals surface area contributed by atoms with E-state index >= 15 is 0 Å². The maximum absolute atomic E-state index is 13.1. The Kier molecular flexibility index (Phi) is 6.55. The van der Waals surface area contributed by atoms with Gasteiger partial charge >= 0.3 is 0 Å². The van der Waals surface area contributed by atoms with E-state index in [4.69, 9.17) is 4.42 Å². The highest BCUT2D eigenvalue weighted by molar-refractivity contribution is 5.87. The third-order valence-electron chi connectivity index (χ3n) is 5.15. The molecule has 0 aliphatic heterocycles. The van der Waals surface area contributed by atoms with Crippen molar-refractivity contribution in [3.63, 3.8) is 0 Å². The maximum Gasteiger partial charge on any atom is 0.242 e. The molecule has 1 aromatic heterocycles. The van der Waals surface area contributed by atoms with Crippen LogP contribution in [0.25, 0.3) is 0 Å². The van der Waals surface area contributed by atoms with Crippen LogP contribution in [0.15, 0.2) is 46.9 Å². The van der Waals surface area contributed by atoms with Gasteiger partial charge in [-0.05, 0) is 57.7 Å². The standard InChI is InChI=1S/C23H30N2O3/c1-17(2)25(23(27)20-10-11-20)16-22(26)24(15-21-12-9-18(3)28-21)14-13-19-7-5-4-6-8-19/h4-9,12,17,20H,10-11,13-16H2,1-3H3. The molecule has 1 aromatic carbocycles. The van der Waals surface area contributed by atoms with Gasteiger partial charge in [-0.25, -0.2) is 0 Å². The van der Waals surface area contributed by atoms with Crippen molar-refractivity contribution in [2.45, 2.75) is 52.6 Å². The van der Waals surface area contributed by atoms with E-state index in [-0.39, 0.29) is 30.3 Å². The minimum Gasteiger partial charge on any atom is -0.464 e. The van der Waals surface area contributed by atoms with Crippen molar-refractivity contribution in [3.05, 3.63) is 59.5 Å². The third-order valence-corrected chi connectivity index (χ3v) is 5.15. The largest absolute Gasteiger partial charge is 0.464 e. The highest BCUT2D eigenvalue weighted by Crippen LogP contribution is 2.31. The van der Waals surface area contributed by atoms with E-state index in [2.05, 4.69) is 12.1 Å². The Morgan fingerprint density at radius 3 is 2.39 bits per heavy atom. The lowest BCUT2D eigenvalue weighted by Crippen LogP contribution is -2.46. The molecule has 0 N–H and O–H groups in total. The smallest absolute Gasteiger partial charge is 0.242 e. The van der Waals surface area contributed by atoms with Crippen molar-refractivity contribution < 1.29 is 14.0 Å². The second-order valence-electron chi connectivity index (χ2n) is 7.90. The van der Waals surface area contributed by atoms with Crippen LogP contribution in [0.1, 0.15) is 43.8 Å². The number of hydrogen-bond acceptors (Lipinski definition) is 3. The van der Waals surface area contributed by atoms with E-state index in [1.807, 2.05) is 51.1 Å². The van der Waals surface area contributed by atoms with Gasteiger partial charge < -0.3 is 14.2 Å². The van der Waals surface area contributed by atoms with E-state index in [9.17, 15) is 9.59 Å². The molecule has 1 fully saturated rings. The average molecular weight is 383 g/mol. The first-order valence-corrected chi connectivity index (χ1v) is 10.1. The van der Waals surface area contributed by atoms with Gasteiger partial charge in [-0.2, -0.15) is 0 Å². The first kappa shape index (κ1) is 20.2. The van der Waals surface area contributed by atoms with Gasteiger partial charge in [0.15, 0.2) is 0 Å². The summed E-state index contributed by atoms with van der Waals surface area (Å²) in [7, 11) is 0. The number of rotatable bonds is 9. The van der Waals surface area contributed by atoms with Crippen LogP contribution >= 0.6 is 0 Å². The van der Waals surface area contributed by atoms with Crippen molar-refractivity contribution in [2.75, 3.05) is 13.1 Å². The minimum atomic E-state index is -0.0346. The number of hydrogen-bond donors (Lipinski definition) is 0. The van der Waals surface area contributed by atoms with Gasteiger partial charge in [0, 0.05) is 18.5 Å². The van der Waals surface area contributed by atoms with Crippen LogP contribution in [-0.2, 0) is 22.6 Å². The predicted octanol–water partition coefficient (Wildman–Crippen LogP) is 3.81. The molecule has 3 rings (SSSR count). The molecule has 2 aromatic rings. The average Bonchev–Trinajstić information content (AvgIpc) is 3.45. The van der Waals surface area contributed by atoms with Gasteiger partial charge in [0.25, 0.3) is 0 Å². The van der Waals surface area contributed by atoms with Crippen LogP contribution in [-0.4, -0.2) is 40.7 Å². The Bertz CT molecular complexity index is 793. The quantitative estimate of drug-likeness (QED) is 0.663. The Morgan fingerprint density at radius 2 is 1.82 bits per heavy atom. The molecule has 1 aliphatic rings. The number of nitrogens with zero attached hydrogens (tertiary/aromatic N) is 2. The molecule has 0 spiro atoms. The minimum absolute atomic E-state index is 0.0129. The van der Waals surface area contributed by atoms with Gasteiger partial charge in [-0.3, -0.25) is 9.59 Å². The summed E-state index contributed by atoms with van der Waals surface area (Å²) in [5.74, 6) is 1.79. The maximum atomic E-state index is 13.1. The van der Waals surface area contributed by atoms with Gasteiger partial charge in [0.2, 0.25) is 11.8 Å². The summed E-state index contributed by atoms with van der Waals surface area (Å²) >= 11 is 0. The molecule has 0 radical (unpaired) electrons. The molecule has 5 heteroatoms. The van der Waals surface area contributed by atoms with Crippen LogP contribution in [0.5, 0.6) is 0 Å². The van der Waals surface area contributed by atoms with Crippen LogP contribution in [0.4, 0.5) is 0 Å². The number of benzene rings is 1. The Morgan fingerprint density at radius 1 is 1.11 bits per heavy atom. The van der Waals surface area contributed by atoms with Crippen LogP contribution < -0.4 is 0 Å². The highest BCUT2D eigenvalue weighted by atomic mass is 16.3. The fourth-order valence-corrected chi connectivity index (χ4v) is 3.28. The van der Waals surface area contributed by atoms with Crippen molar-refractivity contribution >= 4 is 11.8 Å². The molecule has 2 amide bonds. The SMILES string of the molecule is Cc1ccc(CN(CCc2ccccc2)C(=O)CN(C(=O)C2CC2)C(C)C)o1. The zero-order chi connectivity index (χ0) is 20.1. The number of carbonyl (C=O) groups excluding carboxylic acids is 2. The van der Waals surface area contributed by atoms with Gasteiger partial charge in [0.1, 0.15) is 11.5 Å². The molecular weight excluding hydrogens is 352 g/mol. The summed E-state index contributed by atoms with van der Waals surface area (Å²) in [5, 5.41) is 0. The summed E-state index contributed by atoms with van der Waals surface area (Å²) in [6, 6.07) is 14.0. The number of furan rings is 1. The first-order valence-electron chi connectivity index (χ1n) is 10.1. The Labute approximate surface area is 167 Å². The molecule has 0 atom stereocenters. The lowest BCUT2D eigenvalue weighted by atomic mass is 10.1. The summed E-state index contributed by atoms with van der Waals surface area (Å²) in [6.07, 6.45) is 2.66. The third kappa shape index (κ3) is 5.47. The number of carbonyl (C=O) groups is 2. The van der Waals surface area contributed by atoms with Crippen molar-refractivity contribution in [2.24, 2.45) is 5.92 Å². The van der Waals surface area contributed by atoms with Gasteiger partial charge in [-0.1, -0.05) is 30.3 Å². The fraction of sp³-hybridized carbons (Fsp3) is 0.478. The second-order valence-corrected chi connectivity index (χ2v) is 7.90. The molecule has 150 valence electrons. The molecule has 28 heavy (non-hydrogen) atoms. The molecule has 1 heterocycles. The highest BCUT2D eigenvalue weighted by Gasteiger charge is 2.35. The van der Waals surface area contributed by atoms with Gasteiger partial charge in [0.05, 0.1) is 13.1 Å². The van der Waals surface area contributed by atoms with E-state index in [0.717, 1.165) is 30.8 Å². The van der Waals surface area contributed by atoms with E-state index < -0.39 is 0 Å². The molecule has 0 bridgehead atoms. The molecule has 0 unspecified atom stereocenters. The molecule has 1 aliphatic carbocycles. The van der Waals surface area contributed by atoms with Crippen LogP contribution in [0.3, 0.4) is 0 Å². The second kappa shape index (κ2) is 9.09. The summed E-state index contributed by atoms with van der Waals surface area (Å²) < 4.78 is 5.69. The van der Waals surface area contributed by atoms with Crippen LogP contribution in [0.2, 0.25) is 0 Å². The predicted molar refractivity (Wildman–Crippen MR) is 109 cm³/mol. The zero-order valence-corrected chi connectivity index (χ0v) is 17.1. The summed E-state index contributed by atoms with van der Waals surface area (Å²) in [5.41, 5.74) is 1.19. The van der Waals surface area contributed by atoms with E-state index in [0.29, 0.717) is 13.1 Å². The molecular formula is C23H30N2O3.